The molecule has 4 heteroatoms. The van der Waals surface area contributed by atoms with Crippen molar-refractivity contribution < 1.29 is 18.3 Å². The number of aliphatic hydroxyl groups is 1. The van der Waals surface area contributed by atoms with Crippen LogP contribution in [0.15, 0.2) is 0 Å². The lowest BCUT2D eigenvalue weighted by atomic mass is 9.60. The van der Waals surface area contributed by atoms with Crippen LogP contribution in [0.2, 0.25) is 0 Å². The van der Waals surface area contributed by atoms with Gasteiger partial charge in [0.05, 0.1) is 0 Å². The second kappa shape index (κ2) is 3.93. The van der Waals surface area contributed by atoms with Crippen molar-refractivity contribution in [3.05, 3.63) is 0 Å². The van der Waals surface area contributed by atoms with E-state index in [4.69, 9.17) is 0 Å². The summed E-state index contributed by atoms with van der Waals surface area (Å²) in [5.41, 5.74) is -0.286. The standard InChI is InChI=1S/C16H23F3O/c1-15(7-12(20)16(17,18)19)6-10-5-11(15)14-9-3-2-8(4-9)13(10)14/h8-14,20H,2-7H2,1H3. The Morgan fingerprint density at radius 3 is 2.40 bits per heavy atom. The Bertz CT molecular complexity index is 420. The van der Waals surface area contributed by atoms with Gasteiger partial charge in [0.1, 0.15) is 6.10 Å². The first kappa shape index (κ1) is 13.4. The molecule has 4 aliphatic rings. The summed E-state index contributed by atoms with van der Waals surface area (Å²) in [6.07, 6.45) is -0.649. The van der Waals surface area contributed by atoms with Crippen molar-refractivity contribution in [2.45, 2.75) is 57.7 Å². The van der Waals surface area contributed by atoms with Crippen molar-refractivity contribution in [2.75, 3.05) is 0 Å². The minimum Gasteiger partial charge on any atom is -0.384 e. The molecular weight excluding hydrogens is 265 g/mol. The number of fused-ring (bicyclic) bond motifs is 9. The largest absolute Gasteiger partial charge is 0.414 e. The SMILES string of the molecule is CC1(CC(O)C(F)(F)F)CC2CC1C1C3CCC(C3)C21. The maximum absolute atomic E-state index is 12.7. The Labute approximate surface area is 117 Å². The Morgan fingerprint density at radius 2 is 1.75 bits per heavy atom. The van der Waals surface area contributed by atoms with Gasteiger partial charge in [0.25, 0.3) is 0 Å². The number of aliphatic hydroxyl groups excluding tert-OH is 1. The lowest BCUT2D eigenvalue weighted by Crippen LogP contribution is -2.42. The molecule has 4 rings (SSSR count). The molecule has 0 aliphatic heterocycles. The number of alkyl halides is 3. The molecule has 4 fully saturated rings. The average molecular weight is 288 g/mol. The van der Waals surface area contributed by atoms with Gasteiger partial charge in [-0.15, -0.1) is 0 Å². The topological polar surface area (TPSA) is 20.2 Å². The summed E-state index contributed by atoms with van der Waals surface area (Å²) < 4.78 is 38.0. The molecule has 4 aliphatic carbocycles. The van der Waals surface area contributed by atoms with Crippen LogP contribution < -0.4 is 0 Å². The maximum atomic E-state index is 12.7. The molecule has 0 aromatic rings. The van der Waals surface area contributed by atoms with Crippen LogP contribution in [0, 0.1) is 40.9 Å². The molecule has 0 heterocycles. The third-order valence-corrected chi connectivity index (χ3v) is 7.27. The van der Waals surface area contributed by atoms with Gasteiger partial charge in [0.2, 0.25) is 0 Å². The third kappa shape index (κ3) is 1.66. The zero-order valence-electron chi connectivity index (χ0n) is 11.9. The van der Waals surface area contributed by atoms with Crippen molar-refractivity contribution >= 4 is 0 Å². The second-order valence-electron chi connectivity index (χ2n) is 8.21. The monoisotopic (exact) mass is 288 g/mol. The van der Waals surface area contributed by atoms with Gasteiger partial charge < -0.3 is 5.11 Å². The lowest BCUT2D eigenvalue weighted by molar-refractivity contribution is -0.215. The summed E-state index contributed by atoms with van der Waals surface area (Å²) in [6, 6.07) is 0. The van der Waals surface area contributed by atoms with Crippen LogP contribution in [0.25, 0.3) is 0 Å². The molecule has 114 valence electrons. The van der Waals surface area contributed by atoms with Gasteiger partial charge >= 0.3 is 6.18 Å². The molecule has 8 atom stereocenters. The normalized spacial score (nSPS) is 54.5. The van der Waals surface area contributed by atoms with E-state index in [2.05, 4.69) is 0 Å². The molecule has 0 aromatic carbocycles. The summed E-state index contributed by atoms with van der Waals surface area (Å²) in [4.78, 5) is 0. The van der Waals surface area contributed by atoms with Crippen LogP contribution in [0.5, 0.6) is 0 Å². The highest BCUT2D eigenvalue weighted by molar-refractivity contribution is 5.14. The number of halogens is 3. The van der Waals surface area contributed by atoms with Crippen molar-refractivity contribution in [3.63, 3.8) is 0 Å². The fourth-order valence-electron chi connectivity index (χ4n) is 6.83. The first-order valence-electron chi connectivity index (χ1n) is 8.04. The number of rotatable bonds is 2. The van der Waals surface area contributed by atoms with Crippen LogP contribution in [-0.4, -0.2) is 17.4 Å². The predicted molar refractivity (Wildman–Crippen MR) is 68.8 cm³/mol. The van der Waals surface area contributed by atoms with Gasteiger partial charge in [0, 0.05) is 0 Å². The zero-order chi connectivity index (χ0) is 14.3. The van der Waals surface area contributed by atoms with Gasteiger partial charge in [-0.2, -0.15) is 13.2 Å². The highest BCUT2D eigenvalue weighted by Gasteiger charge is 2.66. The molecule has 0 spiro atoms. The van der Waals surface area contributed by atoms with Crippen LogP contribution >= 0.6 is 0 Å². The predicted octanol–water partition coefficient (Wildman–Crippen LogP) is 4.01. The number of hydrogen-bond acceptors (Lipinski definition) is 1. The van der Waals surface area contributed by atoms with Crippen LogP contribution in [0.3, 0.4) is 0 Å². The Hall–Kier alpha value is -0.250. The minimum absolute atomic E-state index is 0.0850. The minimum atomic E-state index is -4.46. The molecule has 1 N–H and O–H groups in total. The Balaban J connectivity index is 1.55. The van der Waals surface area contributed by atoms with E-state index in [1.165, 1.54) is 19.3 Å². The quantitative estimate of drug-likeness (QED) is 0.761. The summed E-state index contributed by atoms with van der Waals surface area (Å²) >= 11 is 0. The molecule has 0 radical (unpaired) electrons. The van der Waals surface area contributed by atoms with Gasteiger partial charge in [-0.1, -0.05) is 6.92 Å². The van der Waals surface area contributed by atoms with Gasteiger partial charge in [-0.25, -0.2) is 0 Å². The first-order valence-corrected chi connectivity index (χ1v) is 8.04. The fourth-order valence-corrected chi connectivity index (χ4v) is 6.83. The smallest absolute Gasteiger partial charge is 0.384 e. The van der Waals surface area contributed by atoms with E-state index in [0.717, 1.165) is 30.6 Å². The van der Waals surface area contributed by atoms with E-state index in [-0.39, 0.29) is 11.8 Å². The van der Waals surface area contributed by atoms with E-state index in [0.29, 0.717) is 17.8 Å². The highest BCUT2D eigenvalue weighted by atomic mass is 19.4. The van der Waals surface area contributed by atoms with Crippen molar-refractivity contribution in [1.82, 2.24) is 0 Å². The molecule has 0 amide bonds. The van der Waals surface area contributed by atoms with Crippen molar-refractivity contribution in [1.29, 1.82) is 0 Å². The molecule has 8 unspecified atom stereocenters. The summed E-state index contributed by atoms with van der Waals surface area (Å²) in [7, 11) is 0. The van der Waals surface area contributed by atoms with Gasteiger partial charge in [-0.3, -0.25) is 0 Å². The highest BCUT2D eigenvalue weighted by Crippen LogP contribution is 2.72. The molecule has 0 aromatic heterocycles. The summed E-state index contributed by atoms with van der Waals surface area (Å²) in [6.45, 7) is 2.01. The summed E-state index contributed by atoms with van der Waals surface area (Å²) in [5.74, 6) is 4.23. The number of hydrogen-bond donors (Lipinski definition) is 1. The lowest BCUT2D eigenvalue weighted by Gasteiger charge is -2.45. The van der Waals surface area contributed by atoms with Crippen LogP contribution in [0.4, 0.5) is 13.2 Å². The first-order chi connectivity index (χ1) is 9.29. The van der Waals surface area contributed by atoms with E-state index in [1.807, 2.05) is 6.92 Å². The molecule has 20 heavy (non-hydrogen) atoms. The molecule has 0 saturated heterocycles. The zero-order valence-corrected chi connectivity index (χ0v) is 11.9. The third-order valence-electron chi connectivity index (χ3n) is 7.27. The molecule has 4 bridgehead atoms. The fraction of sp³-hybridized carbons (Fsp3) is 1.00. The summed E-state index contributed by atoms with van der Waals surface area (Å²) in [5, 5.41) is 9.49. The van der Waals surface area contributed by atoms with E-state index >= 15 is 0 Å². The molecule has 1 nitrogen and oxygen atoms in total. The molecule has 4 saturated carbocycles. The van der Waals surface area contributed by atoms with Crippen LogP contribution in [-0.2, 0) is 0 Å². The van der Waals surface area contributed by atoms with E-state index in [9.17, 15) is 18.3 Å². The van der Waals surface area contributed by atoms with Crippen molar-refractivity contribution in [2.24, 2.45) is 40.9 Å². The van der Waals surface area contributed by atoms with E-state index < -0.39 is 12.3 Å². The maximum Gasteiger partial charge on any atom is 0.414 e. The Kier molecular flexibility index (Phi) is 2.64. The van der Waals surface area contributed by atoms with Crippen molar-refractivity contribution in [3.8, 4) is 0 Å². The van der Waals surface area contributed by atoms with Gasteiger partial charge in [0.15, 0.2) is 0 Å². The molecular formula is C16H23F3O. The Morgan fingerprint density at radius 1 is 1.10 bits per heavy atom. The van der Waals surface area contributed by atoms with Gasteiger partial charge in [-0.05, 0) is 79.4 Å². The second-order valence-corrected chi connectivity index (χ2v) is 8.21. The van der Waals surface area contributed by atoms with E-state index in [1.54, 1.807) is 0 Å². The average Bonchev–Trinajstić information content (AvgIpc) is 3.02. The van der Waals surface area contributed by atoms with Crippen LogP contribution in [0.1, 0.15) is 45.4 Å².